The average molecular weight is 355 g/mol. The zero-order valence-electron chi connectivity index (χ0n) is 14.8. The Kier molecular flexibility index (Phi) is 5.57. The molecular formula is C17H21N7O2. The minimum atomic E-state index is -0.143. The van der Waals surface area contributed by atoms with Crippen molar-refractivity contribution in [3.8, 4) is 11.7 Å². The van der Waals surface area contributed by atoms with Crippen LogP contribution in [-0.2, 0) is 13.0 Å². The third-order valence-electron chi connectivity index (χ3n) is 3.91. The van der Waals surface area contributed by atoms with Crippen molar-refractivity contribution in [3.05, 3.63) is 48.0 Å². The number of rotatable bonds is 8. The Morgan fingerprint density at radius 1 is 1.27 bits per heavy atom. The molecule has 0 aliphatic carbocycles. The number of ether oxygens (including phenoxy) is 1. The van der Waals surface area contributed by atoms with Crippen molar-refractivity contribution in [3.63, 3.8) is 0 Å². The number of carbonyl (C=O) groups is 1. The molecule has 3 aromatic rings. The summed E-state index contributed by atoms with van der Waals surface area (Å²) in [5.41, 5.74) is 1.33. The van der Waals surface area contributed by atoms with Crippen LogP contribution in [0.2, 0.25) is 0 Å². The predicted octanol–water partition coefficient (Wildman–Crippen LogP) is 1.25. The molecule has 0 fully saturated rings. The summed E-state index contributed by atoms with van der Waals surface area (Å²) in [4.78, 5) is 12.5. The molecule has 0 aliphatic rings. The first-order chi connectivity index (χ1) is 12.7. The highest BCUT2D eigenvalue weighted by atomic mass is 16.5. The van der Waals surface area contributed by atoms with E-state index in [2.05, 4.69) is 25.7 Å². The Hall–Kier alpha value is -3.23. The van der Waals surface area contributed by atoms with Gasteiger partial charge in [-0.05, 0) is 25.0 Å². The topological polar surface area (TPSA) is 99.8 Å². The second-order valence-corrected chi connectivity index (χ2v) is 5.58. The molecule has 0 spiro atoms. The van der Waals surface area contributed by atoms with E-state index < -0.39 is 0 Å². The van der Waals surface area contributed by atoms with E-state index in [0.29, 0.717) is 30.2 Å². The Labute approximate surface area is 151 Å². The van der Waals surface area contributed by atoms with Gasteiger partial charge in [-0.15, -0.1) is 10.2 Å². The SMILES string of the molecule is CCc1c(C(=O)NCCCn2cccn2)cnn1-c1ccc(OC)nn1. The third-order valence-corrected chi connectivity index (χ3v) is 3.91. The van der Waals surface area contributed by atoms with Crippen molar-refractivity contribution in [2.75, 3.05) is 13.7 Å². The fourth-order valence-electron chi connectivity index (χ4n) is 2.61. The summed E-state index contributed by atoms with van der Waals surface area (Å²) in [6, 6.07) is 5.34. The van der Waals surface area contributed by atoms with Gasteiger partial charge in [0.2, 0.25) is 5.88 Å². The van der Waals surface area contributed by atoms with Crippen molar-refractivity contribution in [2.24, 2.45) is 0 Å². The minimum absolute atomic E-state index is 0.143. The van der Waals surface area contributed by atoms with E-state index in [4.69, 9.17) is 4.74 Å². The van der Waals surface area contributed by atoms with Crippen molar-refractivity contribution in [1.29, 1.82) is 0 Å². The molecule has 3 aromatic heterocycles. The smallest absolute Gasteiger partial charge is 0.254 e. The van der Waals surface area contributed by atoms with Gasteiger partial charge in [-0.3, -0.25) is 9.48 Å². The molecule has 0 aliphatic heterocycles. The molecule has 0 aromatic carbocycles. The standard InChI is InChI=1S/C17H21N7O2/c1-3-14-13(17(25)18-8-4-10-23-11-5-9-19-23)12-20-24(14)15-6-7-16(26-2)22-21-15/h5-7,9,11-12H,3-4,8,10H2,1-2H3,(H,18,25). The van der Waals surface area contributed by atoms with E-state index in [9.17, 15) is 4.79 Å². The van der Waals surface area contributed by atoms with Crippen molar-refractivity contribution >= 4 is 5.91 Å². The van der Waals surface area contributed by atoms with Gasteiger partial charge < -0.3 is 10.1 Å². The Balaban J connectivity index is 1.65. The molecule has 0 bridgehead atoms. The first kappa shape index (κ1) is 17.6. The number of nitrogens with zero attached hydrogens (tertiary/aromatic N) is 6. The highest BCUT2D eigenvalue weighted by molar-refractivity contribution is 5.95. The van der Waals surface area contributed by atoms with Crippen LogP contribution in [-0.4, -0.2) is 49.3 Å². The summed E-state index contributed by atoms with van der Waals surface area (Å²) in [6.45, 7) is 3.29. The monoisotopic (exact) mass is 355 g/mol. The number of hydrogen-bond acceptors (Lipinski definition) is 6. The fourth-order valence-corrected chi connectivity index (χ4v) is 2.61. The molecule has 3 heterocycles. The van der Waals surface area contributed by atoms with Gasteiger partial charge in [0, 0.05) is 31.5 Å². The summed E-state index contributed by atoms with van der Waals surface area (Å²) in [5, 5.41) is 19.4. The van der Waals surface area contributed by atoms with Gasteiger partial charge in [0.15, 0.2) is 5.82 Å². The molecule has 9 nitrogen and oxygen atoms in total. The second-order valence-electron chi connectivity index (χ2n) is 5.58. The Morgan fingerprint density at radius 2 is 2.15 bits per heavy atom. The van der Waals surface area contributed by atoms with Gasteiger partial charge in [0.1, 0.15) is 0 Å². The van der Waals surface area contributed by atoms with E-state index in [0.717, 1.165) is 18.7 Å². The fraction of sp³-hybridized carbons (Fsp3) is 0.353. The molecule has 1 N–H and O–H groups in total. The van der Waals surface area contributed by atoms with Crippen LogP contribution >= 0.6 is 0 Å². The molecule has 0 atom stereocenters. The lowest BCUT2D eigenvalue weighted by atomic mass is 10.2. The van der Waals surface area contributed by atoms with Crippen LogP contribution in [0.15, 0.2) is 36.8 Å². The number of nitrogens with one attached hydrogen (secondary N) is 1. The predicted molar refractivity (Wildman–Crippen MR) is 94.3 cm³/mol. The van der Waals surface area contributed by atoms with E-state index >= 15 is 0 Å². The normalized spacial score (nSPS) is 10.7. The molecule has 9 heteroatoms. The lowest BCUT2D eigenvalue weighted by Gasteiger charge is -2.08. The van der Waals surface area contributed by atoms with Crippen LogP contribution in [0.3, 0.4) is 0 Å². The van der Waals surface area contributed by atoms with Gasteiger partial charge in [0.25, 0.3) is 5.91 Å². The maximum absolute atomic E-state index is 12.5. The molecule has 0 radical (unpaired) electrons. The summed E-state index contributed by atoms with van der Waals surface area (Å²) in [7, 11) is 1.53. The number of hydrogen-bond donors (Lipinski definition) is 1. The maximum atomic E-state index is 12.5. The quantitative estimate of drug-likeness (QED) is 0.611. The van der Waals surface area contributed by atoms with E-state index in [1.54, 1.807) is 29.2 Å². The molecule has 0 unspecified atom stereocenters. The van der Waals surface area contributed by atoms with Gasteiger partial charge >= 0.3 is 0 Å². The Morgan fingerprint density at radius 3 is 2.81 bits per heavy atom. The zero-order valence-corrected chi connectivity index (χ0v) is 14.8. The number of amides is 1. The molecule has 1 amide bonds. The van der Waals surface area contributed by atoms with Crippen LogP contribution in [0.4, 0.5) is 0 Å². The molecular weight excluding hydrogens is 334 g/mol. The summed E-state index contributed by atoms with van der Waals surface area (Å²) >= 11 is 0. The van der Waals surface area contributed by atoms with Gasteiger partial charge in [0.05, 0.1) is 24.6 Å². The number of aryl methyl sites for hydroxylation is 1. The summed E-state index contributed by atoms with van der Waals surface area (Å²) in [5.74, 6) is 0.824. The van der Waals surface area contributed by atoms with Gasteiger partial charge in [-0.25, -0.2) is 4.68 Å². The Bertz CT molecular complexity index is 841. The molecule has 136 valence electrons. The third kappa shape index (κ3) is 3.88. The minimum Gasteiger partial charge on any atom is -0.480 e. The van der Waals surface area contributed by atoms with Crippen LogP contribution in [0.25, 0.3) is 5.82 Å². The summed E-state index contributed by atoms with van der Waals surface area (Å²) in [6.07, 6.45) is 6.64. The van der Waals surface area contributed by atoms with Crippen LogP contribution in [0.1, 0.15) is 29.4 Å². The summed E-state index contributed by atoms with van der Waals surface area (Å²) < 4.78 is 8.48. The van der Waals surface area contributed by atoms with Crippen LogP contribution in [0.5, 0.6) is 5.88 Å². The highest BCUT2D eigenvalue weighted by Gasteiger charge is 2.17. The number of methoxy groups -OCH3 is 1. The van der Waals surface area contributed by atoms with Gasteiger partial charge in [-0.1, -0.05) is 6.92 Å². The van der Waals surface area contributed by atoms with E-state index in [1.165, 1.54) is 7.11 Å². The zero-order chi connectivity index (χ0) is 18.4. The lowest BCUT2D eigenvalue weighted by Crippen LogP contribution is -2.26. The lowest BCUT2D eigenvalue weighted by molar-refractivity contribution is 0.0951. The molecule has 0 saturated carbocycles. The van der Waals surface area contributed by atoms with E-state index in [-0.39, 0.29) is 5.91 Å². The largest absolute Gasteiger partial charge is 0.480 e. The average Bonchev–Trinajstić information content (AvgIpc) is 3.34. The van der Waals surface area contributed by atoms with Crippen LogP contribution in [0, 0.1) is 0 Å². The van der Waals surface area contributed by atoms with Crippen LogP contribution < -0.4 is 10.1 Å². The van der Waals surface area contributed by atoms with E-state index in [1.807, 2.05) is 23.9 Å². The number of aromatic nitrogens is 6. The molecule has 26 heavy (non-hydrogen) atoms. The second kappa shape index (κ2) is 8.24. The van der Waals surface area contributed by atoms with Crippen molar-refractivity contribution in [2.45, 2.75) is 26.3 Å². The van der Waals surface area contributed by atoms with Crippen molar-refractivity contribution in [1.82, 2.24) is 35.1 Å². The first-order valence-corrected chi connectivity index (χ1v) is 8.43. The molecule has 0 saturated heterocycles. The highest BCUT2D eigenvalue weighted by Crippen LogP contribution is 2.15. The van der Waals surface area contributed by atoms with Gasteiger partial charge in [-0.2, -0.15) is 10.2 Å². The first-order valence-electron chi connectivity index (χ1n) is 8.43. The number of carbonyl (C=O) groups excluding carboxylic acids is 1. The molecule has 3 rings (SSSR count). The van der Waals surface area contributed by atoms with Crippen molar-refractivity contribution < 1.29 is 9.53 Å². The maximum Gasteiger partial charge on any atom is 0.254 e.